The number of nitrogens with one attached hydrogen (secondary N) is 3. The van der Waals surface area contributed by atoms with Crippen LogP contribution in [-0.4, -0.2) is 59.1 Å². The van der Waals surface area contributed by atoms with Gasteiger partial charge in [0.2, 0.25) is 0 Å². The molecule has 1 aliphatic rings. The van der Waals surface area contributed by atoms with Crippen LogP contribution in [0, 0.1) is 12.3 Å². The second-order valence-corrected chi connectivity index (χ2v) is 8.88. The Hall–Kier alpha value is -5.26. The van der Waals surface area contributed by atoms with E-state index in [1.807, 2.05) is 31.0 Å². The molecule has 0 radical (unpaired) electrons. The van der Waals surface area contributed by atoms with Crippen molar-refractivity contribution in [3.63, 3.8) is 0 Å². The van der Waals surface area contributed by atoms with Gasteiger partial charge in [0.15, 0.2) is 11.9 Å². The maximum Gasteiger partial charge on any atom is 0.255 e. The molecule has 40 heavy (non-hydrogen) atoms. The smallest absolute Gasteiger partial charge is 0.255 e. The van der Waals surface area contributed by atoms with E-state index in [0.717, 1.165) is 42.0 Å². The first-order chi connectivity index (χ1) is 19.2. The summed E-state index contributed by atoms with van der Waals surface area (Å²) in [6, 6.07) is 13.6. The number of nitrogens with zero attached hydrogens (tertiary/aromatic N) is 4. The Morgan fingerprint density at radius 3 is 2.35 bits per heavy atom. The molecule has 12 heteroatoms. The predicted octanol–water partition coefficient (Wildman–Crippen LogP) is 2.33. The lowest BCUT2D eigenvalue weighted by molar-refractivity contribution is 0.102. The Labute approximate surface area is 232 Å². The third-order valence-corrected chi connectivity index (χ3v) is 6.02. The van der Waals surface area contributed by atoms with E-state index in [1.165, 1.54) is 5.57 Å². The molecular weight excluding hydrogens is 508 g/mol. The molecule has 3 aromatic rings. The molecule has 0 spiro atoms. The van der Waals surface area contributed by atoms with Gasteiger partial charge in [-0.15, -0.1) is 0 Å². The van der Waals surface area contributed by atoms with Crippen LogP contribution in [0.5, 0.6) is 0 Å². The number of carbonyl (C=O) groups is 2. The van der Waals surface area contributed by atoms with Crippen molar-refractivity contribution in [3.8, 4) is 0 Å². The van der Waals surface area contributed by atoms with Crippen molar-refractivity contribution in [2.45, 2.75) is 19.9 Å². The molecule has 0 unspecified atom stereocenters. The van der Waals surface area contributed by atoms with E-state index in [-0.39, 0.29) is 17.8 Å². The lowest BCUT2D eigenvalue weighted by atomic mass is 10.0. The highest BCUT2D eigenvalue weighted by Gasteiger charge is 2.16. The van der Waals surface area contributed by atoms with Crippen LogP contribution in [0.15, 0.2) is 65.8 Å². The van der Waals surface area contributed by atoms with Crippen LogP contribution in [0.1, 0.15) is 44.1 Å². The summed E-state index contributed by atoms with van der Waals surface area (Å²) >= 11 is 0. The number of aromatic nitrogens is 2. The topological polar surface area (TPSA) is 201 Å². The molecule has 0 atom stereocenters. The number of anilines is 2. The molecule has 0 saturated carbocycles. The SMILES string of the molecule is CNc1cnc(C2=CCN(C(=N)N)CC2)c(C)n1.NC(N)=NCc1ccc(NC(=O)c2ccc(C=O)cc2)cc1. The molecule has 9 N–H and O–H groups in total. The second-order valence-electron chi connectivity index (χ2n) is 8.88. The number of aldehydes is 1. The summed E-state index contributed by atoms with van der Waals surface area (Å²) in [5, 5.41) is 13.1. The number of aliphatic imine (C=N–C) groups is 1. The molecule has 208 valence electrons. The molecule has 1 aliphatic heterocycles. The van der Waals surface area contributed by atoms with E-state index in [0.29, 0.717) is 29.9 Å². The van der Waals surface area contributed by atoms with Gasteiger partial charge in [-0.1, -0.05) is 30.3 Å². The number of nitrogens with two attached hydrogens (primary N) is 3. The Kier molecular flexibility index (Phi) is 10.3. The summed E-state index contributed by atoms with van der Waals surface area (Å²) < 4.78 is 0. The van der Waals surface area contributed by atoms with E-state index in [1.54, 1.807) is 42.6 Å². The van der Waals surface area contributed by atoms with Gasteiger partial charge in [-0.2, -0.15) is 0 Å². The molecular formula is C28H34N10O2. The molecule has 1 aromatic heterocycles. The molecule has 1 amide bonds. The second kappa shape index (κ2) is 14.0. The van der Waals surface area contributed by atoms with Gasteiger partial charge in [-0.25, -0.2) is 9.98 Å². The van der Waals surface area contributed by atoms with Crippen LogP contribution in [0.3, 0.4) is 0 Å². The molecule has 0 fully saturated rings. The van der Waals surface area contributed by atoms with Crippen LogP contribution in [0.4, 0.5) is 11.5 Å². The fourth-order valence-corrected chi connectivity index (χ4v) is 3.81. The van der Waals surface area contributed by atoms with E-state index in [4.69, 9.17) is 22.6 Å². The molecule has 2 aromatic carbocycles. The van der Waals surface area contributed by atoms with Crippen LogP contribution in [0.25, 0.3) is 5.57 Å². The number of rotatable bonds is 7. The summed E-state index contributed by atoms with van der Waals surface area (Å²) in [5.74, 6) is 0.697. The zero-order valence-electron chi connectivity index (χ0n) is 22.5. The van der Waals surface area contributed by atoms with Crippen molar-refractivity contribution in [1.29, 1.82) is 5.41 Å². The lowest BCUT2D eigenvalue weighted by Gasteiger charge is -2.26. The fraction of sp³-hybridized carbons (Fsp3) is 0.214. The van der Waals surface area contributed by atoms with Gasteiger partial charge in [0.05, 0.1) is 24.1 Å². The first-order valence-electron chi connectivity index (χ1n) is 12.5. The summed E-state index contributed by atoms with van der Waals surface area (Å²) in [7, 11) is 1.83. The van der Waals surface area contributed by atoms with Crippen LogP contribution in [-0.2, 0) is 6.54 Å². The largest absolute Gasteiger partial charge is 0.372 e. The van der Waals surface area contributed by atoms with Crippen molar-refractivity contribution >= 4 is 41.2 Å². The zero-order valence-corrected chi connectivity index (χ0v) is 22.5. The number of guanidine groups is 2. The van der Waals surface area contributed by atoms with Gasteiger partial charge in [-0.05, 0) is 48.7 Å². The average Bonchev–Trinajstić information content (AvgIpc) is 2.97. The van der Waals surface area contributed by atoms with Crippen LogP contribution >= 0.6 is 0 Å². The van der Waals surface area contributed by atoms with Crippen molar-refractivity contribution in [2.24, 2.45) is 22.2 Å². The minimum atomic E-state index is -0.241. The molecule has 0 aliphatic carbocycles. The number of benzene rings is 2. The maximum absolute atomic E-state index is 12.1. The Morgan fingerprint density at radius 1 is 1.12 bits per heavy atom. The zero-order chi connectivity index (χ0) is 29.1. The highest BCUT2D eigenvalue weighted by atomic mass is 16.1. The average molecular weight is 543 g/mol. The minimum Gasteiger partial charge on any atom is -0.372 e. The Bertz CT molecular complexity index is 1400. The number of aryl methyl sites for hydroxylation is 1. The van der Waals surface area contributed by atoms with Gasteiger partial charge < -0.3 is 32.7 Å². The van der Waals surface area contributed by atoms with E-state index < -0.39 is 0 Å². The van der Waals surface area contributed by atoms with Crippen molar-refractivity contribution in [1.82, 2.24) is 14.9 Å². The van der Waals surface area contributed by atoms with E-state index in [2.05, 4.69) is 31.7 Å². The van der Waals surface area contributed by atoms with Crippen molar-refractivity contribution in [3.05, 3.63) is 88.9 Å². The maximum atomic E-state index is 12.1. The Balaban J connectivity index is 0.000000225. The molecule has 0 saturated heterocycles. The van der Waals surface area contributed by atoms with Crippen LogP contribution in [0.2, 0.25) is 0 Å². The molecule has 2 heterocycles. The summed E-state index contributed by atoms with van der Waals surface area (Å²) in [4.78, 5) is 37.2. The Morgan fingerprint density at radius 2 is 1.82 bits per heavy atom. The summed E-state index contributed by atoms with van der Waals surface area (Å²) in [6.07, 6.45) is 5.38. The number of carbonyl (C=O) groups excluding carboxylic acids is 2. The highest BCUT2D eigenvalue weighted by Crippen LogP contribution is 2.23. The van der Waals surface area contributed by atoms with Crippen molar-refractivity contribution in [2.75, 3.05) is 30.8 Å². The van der Waals surface area contributed by atoms with Gasteiger partial charge >= 0.3 is 0 Å². The number of amides is 1. The summed E-state index contributed by atoms with van der Waals surface area (Å²) in [6.45, 7) is 3.78. The third-order valence-electron chi connectivity index (χ3n) is 6.02. The molecule has 0 bridgehead atoms. The standard InChI is InChI=1S/C16H16N4O2.C12H18N6/c17-16(18)19-9-11-3-7-14(8-4-11)20-15(22)13-5-1-12(10-21)2-6-13;1-8-11(16-7-10(15-2)17-8)9-3-5-18(6-4-9)12(13)14/h1-8,10H,9H2,(H,20,22)(H4,17,18,19);3,7H,4-6H2,1-2H3,(H3,13,14)(H,15,17). The van der Waals surface area contributed by atoms with Crippen molar-refractivity contribution < 1.29 is 9.59 Å². The monoisotopic (exact) mass is 542 g/mol. The quantitative estimate of drug-likeness (QED) is 0.147. The van der Waals surface area contributed by atoms with E-state index >= 15 is 0 Å². The molecule has 12 nitrogen and oxygen atoms in total. The summed E-state index contributed by atoms with van der Waals surface area (Å²) in [5.41, 5.74) is 21.7. The first-order valence-corrected chi connectivity index (χ1v) is 12.5. The van der Waals surface area contributed by atoms with Gasteiger partial charge in [0.1, 0.15) is 12.1 Å². The number of hydrogen-bond donors (Lipinski definition) is 6. The lowest BCUT2D eigenvalue weighted by Crippen LogP contribution is -2.39. The number of hydrogen-bond acceptors (Lipinski definition) is 7. The highest BCUT2D eigenvalue weighted by molar-refractivity contribution is 6.04. The normalized spacial score (nSPS) is 12.2. The van der Waals surface area contributed by atoms with Gasteiger partial charge in [0, 0.05) is 37.0 Å². The predicted molar refractivity (Wildman–Crippen MR) is 158 cm³/mol. The third kappa shape index (κ3) is 8.38. The van der Waals surface area contributed by atoms with Crippen LogP contribution < -0.4 is 27.8 Å². The first kappa shape index (κ1) is 29.3. The minimum absolute atomic E-state index is 0.0381. The fourth-order valence-electron chi connectivity index (χ4n) is 3.81. The van der Waals surface area contributed by atoms with E-state index in [9.17, 15) is 9.59 Å². The molecule has 4 rings (SSSR count). The van der Waals surface area contributed by atoms with Gasteiger partial charge in [-0.3, -0.25) is 20.0 Å². The van der Waals surface area contributed by atoms with Gasteiger partial charge in [0.25, 0.3) is 5.91 Å².